The molecule has 2 heterocycles. The lowest BCUT2D eigenvalue weighted by Gasteiger charge is -2.32. The Morgan fingerprint density at radius 1 is 1.18 bits per heavy atom. The van der Waals surface area contributed by atoms with Crippen molar-refractivity contribution in [2.45, 2.75) is 38.0 Å². The number of piperidine rings is 1. The van der Waals surface area contributed by atoms with E-state index in [1.54, 1.807) is 12.1 Å². The SMILES string of the molecule is OCCCCCN1CCC(c2c[nH]c3cc(F)ccc23)CC1. The number of unbranched alkanes of at least 4 members (excludes halogenated alkanes) is 2. The van der Waals surface area contributed by atoms with Crippen molar-refractivity contribution in [2.24, 2.45) is 0 Å². The maximum absolute atomic E-state index is 13.3. The van der Waals surface area contributed by atoms with Crippen LogP contribution in [0, 0.1) is 5.82 Å². The fourth-order valence-corrected chi connectivity index (χ4v) is 3.55. The minimum absolute atomic E-state index is 0.182. The zero-order valence-electron chi connectivity index (χ0n) is 13.0. The molecule has 1 aliphatic rings. The van der Waals surface area contributed by atoms with Gasteiger partial charge in [-0.2, -0.15) is 0 Å². The number of aliphatic hydroxyl groups excluding tert-OH is 1. The van der Waals surface area contributed by atoms with Gasteiger partial charge in [0.25, 0.3) is 0 Å². The van der Waals surface area contributed by atoms with Gasteiger partial charge in [-0.15, -0.1) is 0 Å². The number of H-pyrrole nitrogens is 1. The Morgan fingerprint density at radius 3 is 2.77 bits per heavy atom. The molecule has 0 aliphatic carbocycles. The smallest absolute Gasteiger partial charge is 0.125 e. The largest absolute Gasteiger partial charge is 0.396 e. The number of hydrogen-bond donors (Lipinski definition) is 2. The quantitative estimate of drug-likeness (QED) is 0.800. The number of benzene rings is 1. The van der Waals surface area contributed by atoms with Crippen molar-refractivity contribution in [3.8, 4) is 0 Å². The van der Waals surface area contributed by atoms with Gasteiger partial charge in [0, 0.05) is 23.7 Å². The highest BCUT2D eigenvalue weighted by Crippen LogP contribution is 2.33. The first-order valence-corrected chi connectivity index (χ1v) is 8.37. The van der Waals surface area contributed by atoms with E-state index < -0.39 is 0 Å². The van der Waals surface area contributed by atoms with Gasteiger partial charge < -0.3 is 15.0 Å². The minimum atomic E-state index is -0.182. The lowest BCUT2D eigenvalue weighted by Crippen LogP contribution is -2.33. The van der Waals surface area contributed by atoms with E-state index in [1.807, 2.05) is 6.07 Å². The van der Waals surface area contributed by atoms with E-state index in [0.717, 1.165) is 38.0 Å². The number of likely N-dealkylation sites (tertiary alicyclic amines) is 1. The van der Waals surface area contributed by atoms with E-state index >= 15 is 0 Å². The molecular weight excluding hydrogens is 279 g/mol. The molecule has 2 aromatic rings. The summed E-state index contributed by atoms with van der Waals surface area (Å²) in [7, 11) is 0. The molecule has 3 rings (SSSR count). The second-order valence-electron chi connectivity index (χ2n) is 6.33. The lowest BCUT2D eigenvalue weighted by atomic mass is 9.89. The average Bonchev–Trinajstić information content (AvgIpc) is 2.95. The molecule has 3 nitrogen and oxygen atoms in total. The Labute approximate surface area is 131 Å². The first kappa shape index (κ1) is 15.5. The van der Waals surface area contributed by atoms with Gasteiger partial charge in [0.05, 0.1) is 0 Å². The van der Waals surface area contributed by atoms with Crippen molar-refractivity contribution in [1.82, 2.24) is 9.88 Å². The molecule has 0 atom stereocenters. The van der Waals surface area contributed by atoms with Crippen molar-refractivity contribution >= 4 is 10.9 Å². The number of nitrogens with one attached hydrogen (secondary N) is 1. The van der Waals surface area contributed by atoms with Crippen molar-refractivity contribution in [3.63, 3.8) is 0 Å². The summed E-state index contributed by atoms with van der Waals surface area (Å²) in [4.78, 5) is 5.74. The lowest BCUT2D eigenvalue weighted by molar-refractivity contribution is 0.205. The van der Waals surface area contributed by atoms with Crippen molar-refractivity contribution in [3.05, 3.63) is 35.8 Å². The van der Waals surface area contributed by atoms with Crippen LogP contribution in [-0.2, 0) is 0 Å². The molecule has 0 saturated carbocycles. The molecule has 0 radical (unpaired) electrons. The van der Waals surface area contributed by atoms with Gasteiger partial charge in [-0.3, -0.25) is 0 Å². The average molecular weight is 304 g/mol. The fourth-order valence-electron chi connectivity index (χ4n) is 3.55. The summed E-state index contributed by atoms with van der Waals surface area (Å²) in [6, 6.07) is 5.03. The van der Waals surface area contributed by atoms with E-state index in [2.05, 4.69) is 16.1 Å². The van der Waals surface area contributed by atoms with Crippen LogP contribution in [0.1, 0.15) is 43.6 Å². The van der Waals surface area contributed by atoms with E-state index in [-0.39, 0.29) is 5.82 Å². The summed E-state index contributed by atoms with van der Waals surface area (Å²) in [5.74, 6) is 0.395. The summed E-state index contributed by atoms with van der Waals surface area (Å²) in [6.07, 6.45) is 7.62. The highest BCUT2D eigenvalue weighted by molar-refractivity contribution is 5.83. The van der Waals surface area contributed by atoms with Crippen LogP contribution in [0.2, 0.25) is 0 Å². The van der Waals surface area contributed by atoms with Gasteiger partial charge >= 0.3 is 0 Å². The van der Waals surface area contributed by atoms with Crippen LogP contribution in [0.5, 0.6) is 0 Å². The van der Waals surface area contributed by atoms with Crippen LogP contribution in [0.25, 0.3) is 10.9 Å². The van der Waals surface area contributed by atoms with E-state index in [9.17, 15) is 4.39 Å². The summed E-state index contributed by atoms with van der Waals surface area (Å²) in [5, 5.41) is 9.98. The molecule has 1 aromatic heterocycles. The highest BCUT2D eigenvalue weighted by Gasteiger charge is 2.22. The Bertz CT molecular complexity index is 602. The third kappa shape index (κ3) is 3.50. The molecule has 0 unspecified atom stereocenters. The molecule has 22 heavy (non-hydrogen) atoms. The van der Waals surface area contributed by atoms with Crippen LogP contribution in [0.3, 0.4) is 0 Å². The zero-order chi connectivity index (χ0) is 15.4. The molecule has 1 saturated heterocycles. The predicted molar refractivity (Wildman–Crippen MR) is 87.6 cm³/mol. The second-order valence-corrected chi connectivity index (χ2v) is 6.33. The Morgan fingerprint density at radius 2 is 2.00 bits per heavy atom. The van der Waals surface area contributed by atoms with E-state index in [1.165, 1.54) is 30.2 Å². The molecular formula is C18H25FN2O. The number of rotatable bonds is 6. The number of halogens is 1. The minimum Gasteiger partial charge on any atom is -0.396 e. The highest BCUT2D eigenvalue weighted by atomic mass is 19.1. The molecule has 4 heteroatoms. The number of fused-ring (bicyclic) bond motifs is 1. The van der Waals surface area contributed by atoms with Crippen LogP contribution in [-0.4, -0.2) is 41.2 Å². The second kappa shape index (κ2) is 7.25. The van der Waals surface area contributed by atoms with Gasteiger partial charge in [0.1, 0.15) is 5.82 Å². The number of aromatic nitrogens is 1. The molecule has 0 bridgehead atoms. The number of aliphatic hydroxyl groups is 1. The normalized spacial score (nSPS) is 17.4. The Balaban J connectivity index is 1.56. The van der Waals surface area contributed by atoms with Crippen molar-refractivity contribution < 1.29 is 9.50 Å². The number of hydrogen-bond acceptors (Lipinski definition) is 2. The van der Waals surface area contributed by atoms with E-state index in [4.69, 9.17) is 5.11 Å². The third-order valence-corrected chi connectivity index (χ3v) is 4.84. The molecule has 1 fully saturated rings. The summed E-state index contributed by atoms with van der Waals surface area (Å²) >= 11 is 0. The van der Waals surface area contributed by atoms with E-state index in [0.29, 0.717) is 12.5 Å². The molecule has 2 N–H and O–H groups in total. The first-order chi connectivity index (χ1) is 10.8. The topological polar surface area (TPSA) is 39.3 Å². The monoisotopic (exact) mass is 304 g/mol. The van der Waals surface area contributed by atoms with Gasteiger partial charge in [0.15, 0.2) is 0 Å². The summed E-state index contributed by atoms with van der Waals surface area (Å²) in [6.45, 7) is 3.73. The van der Waals surface area contributed by atoms with Crippen molar-refractivity contribution in [2.75, 3.05) is 26.2 Å². The van der Waals surface area contributed by atoms with Crippen LogP contribution >= 0.6 is 0 Å². The summed E-state index contributed by atoms with van der Waals surface area (Å²) in [5.41, 5.74) is 2.25. The van der Waals surface area contributed by atoms with Crippen LogP contribution < -0.4 is 0 Å². The van der Waals surface area contributed by atoms with Crippen LogP contribution in [0.4, 0.5) is 4.39 Å². The molecule has 1 aliphatic heterocycles. The van der Waals surface area contributed by atoms with Crippen LogP contribution in [0.15, 0.2) is 24.4 Å². The molecule has 0 spiro atoms. The van der Waals surface area contributed by atoms with Gasteiger partial charge in [-0.25, -0.2) is 4.39 Å². The Hall–Kier alpha value is -1.39. The number of nitrogens with zero attached hydrogens (tertiary/aromatic N) is 1. The standard InChI is InChI=1S/C18H25FN2O/c19-15-4-5-16-17(13-20-18(16)12-15)14-6-9-21(10-7-14)8-2-1-3-11-22/h4-5,12-14,20,22H,1-3,6-11H2. The molecule has 120 valence electrons. The maximum atomic E-state index is 13.3. The third-order valence-electron chi connectivity index (χ3n) is 4.84. The molecule has 0 amide bonds. The molecule has 1 aromatic carbocycles. The fraction of sp³-hybridized carbons (Fsp3) is 0.556. The number of aromatic amines is 1. The summed E-state index contributed by atoms with van der Waals surface area (Å²) < 4.78 is 13.3. The first-order valence-electron chi connectivity index (χ1n) is 8.37. The Kier molecular flexibility index (Phi) is 5.11. The van der Waals surface area contributed by atoms with Crippen molar-refractivity contribution in [1.29, 1.82) is 0 Å². The van der Waals surface area contributed by atoms with Gasteiger partial charge in [-0.05, 0) is 81.4 Å². The van der Waals surface area contributed by atoms with Gasteiger partial charge in [0.2, 0.25) is 0 Å². The zero-order valence-corrected chi connectivity index (χ0v) is 13.0. The predicted octanol–water partition coefficient (Wildman–Crippen LogP) is 3.65. The van der Waals surface area contributed by atoms with Gasteiger partial charge in [-0.1, -0.05) is 0 Å². The maximum Gasteiger partial charge on any atom is 0.125 e.